The maximum atomic E-state index is 7.29. The molecular formula is C32H20O2. The molecule has 6 atom stereocenters. The van der Waals surface area contributed by atoms with Crippen LogP contribution in [0.5, 0.6) is 0 Å². The summed E-state index contributed by atoms with van der Waals surface area (Å²) < 4.78 is 14.2. The van der Waals surface area contributed by atoms with Crippen LogP contribution in [0, 0.1) is 11.8 Å². The van der Waals surface area contributed by atoms with Crippen LogP contribution in [0.3, 0.4) is 0 Å². The summed E-state index contributed by atoms with van der Waals surface area (Å²) in [5, 5.41) is 7.86. The average molecular weight is 437 g/mol. The summed E-state index contributed by atoms with van der Waals surface area (Å²) >= 11 is 0. The Morgan fingerprint density at radius 2 is 1.44 bits per heavy atom. The highest BCUT2D eigenvalue weighted by molar-refractivity contribution is 6.09. The molecule has 5 aliphatic rings. The van der Waals surface area contributed by atoms with Crippen molar-refractivity contribution in [2.45, 2.75) is 23.4 Å². The van der Waals surface area contributed by atoms with Crippen LogP contribution in [0.2, 0.25) is 0 Å². The average Bonchev–Trinajstić information content (AvgIpc) is 3.64. The molecule has 2 spiro atoms. The van der Waals surface area contributed by atoms with E-state index in [1.807, 2.05) is 0 Å². The summed E-state index contributed by atoms with van der Waals surface area (Å²) in [5.74, 6) is 0.601. The molecule has 2 heteroatoms. The zero-order valence-corrected chi connectivity index (χ0v) is 18.4. The molecule has 0 N–H and O–H groups in total. The van der Waals surface area contributed by atoms with Gasteiger partial charge >= 0.3 is 0 Å². The Hall–Kier alpha value is -3.46. The van der Waals surface area contributed by atoms with Crippen LogP contribution < -0.4 is 0 Å². The van der Waals surface area contributed by atoms with Crippen molar-refractivity contribution in [2.75, 3.05) is 0 Å². The van der Waals surface area contributed by atoms with Crippen molar-refractivity contribution in [3.05, 3.63) is 119 Å². The van der Waals surface area contributed by atoms with E-state index in [0.29, 0.717) is 5.92 Å². The number of hydrogen-bond donors (Lipinski definition) is 0. The van der Waals surface area contributed by atoms with Crippen LogP contribution >= 0.6 is 0 Å². The second kappa shape index (κ2) is 5.12. The normalized spacial score (nSPS) is 34.9. The molecule has 0 radical (unpaired) electrons. The maximum Gasteiger partial charge on any atom is 0.127 e. The Morgan fingerprint density at radius 3 is 2.38 bits per heavy atom. The van der Waals surface area contributed by atoms with Crippen molar-refractivity contribution in [3.8, 4) is 0 Å². The summed E-state index contributed by atoms with van der Waals surface area (Å²) in [4.78, 5) is 0. The molecule has 2 saturated heterocycles. The summed E-state index contributed by atoms with van der Waals surface area (Å²) in [6.45, 7) is 0. The van der Waals surface area contributed by atoms with E-state index in [1.165, 1.54) is 54.6 Å². The topological polar surface area (TPSA) is 18.5 Å². The highest BCUT2D eigenvalue weighted by Gasteiger charge is 2.77. The van der Waals surface area contributed by atoms with Gasteiger partial charge in [-0.25, -0.2) is 0 Å². The molecule has 4 aliphatic heterocycles. The monoisotopic (exact) mass is 436 g/mol. The first-order valence-corrected chi connectivity index (χ1v) is 12.3. The minimum Gasteiger partial charge on any atom is -0.358 e. The van der Waals surface area contributed by atoms with Crippen molar-refractivity contribution >= 4 is 32.3 Å². The molecule has 2 fully saturated rings. The SMILES string of the molecule is C1=C[C@]23O[C@@H]1[C@@H]1[C@@H]4O[C@](c5ccc6c(ccc7ccccc76)c54)(c4cccc5cccc2c45)[C@@H]13. The molecule has 0 aromatic heterocycles. The van der Waals surface area contributed by atoms with Crippen LogP contribution in [-0.2, 0) is 20.7 Å². The lowest BCUT2D eigenvalue weighted by atomic mass is 9.54. The molecular weight excluding hydrogens is 416 g/mol. The highest BCUT2D eigenvalue weighted by Crippen LogP contribution is 2.77. The minimum absolute atomic E-state index is 0.0475. The maximum absolute atomic E-state index is 7.29. The third-order valence-corrected chi connectivity index (χ3v) is 9.57. The zero-order chi connectivity index (χ0) is 21.8. The predicted molar refractivity (Wildman–Crippen MR) is 133 cm³/mol. The largest absolute Gasteiger partial charge is 0.358 e. The van der Waals surface area contributed by atoms with E-state index in [9.17, 15) is 0 Å². The van der Waals surface area contributed by atoms with Crippen molar-refractivity contribution in [1.29, 1.82) is 0 Å². The van der Waals surface area contributed by atoms with Crippen LogP contribution in [0.15, 0.2) is 97.1 Å². The van der Waals surface area contributed by atoms with Crippen molar-refractivity contribution < 1.29 is 9.47 Å². The lowest BCUT2D eigenvalue weighted by molar-refractivity contribution is -0.0921. The molecule has 2 nitrogen and oxygen atoms in total. The van der Waals surface area contributed by atoms with Gasteiger partial charge in [-0.05, 0) is 60.6 Å². The van der Waals surface area contributed by atoms with Gasteiger partial charge in [-0.3, -0.25) is 0 Å². The fraction of sp³-hybridized carbons (Fsp3) is 0.188. The Balaban J connectivity index is 1.40. The van der Waals surface area contributed by atoms with Gasteiger partial charge in [0.05, 0.1) is 12.2 Å². The van der Waals surface area contributed by atoms with Gasteiger partial charge < -0.3 is 9.47 Å². The molecule has 0 saturated carbocycles. The first-order chi connectivity index (χ1) is 16.8. The molecule has 10 rings (SSSR count). The van der Waals surface area contributed by atoms with Gasteiger partial charge in [-0.1, -0.05) is 91.0 Å². The van der Waals surface area contributed by atoms with E-state index in [1.54, 1.807) is 0 Å². The quantitative estimate of drug-likeness (QED) is 0.194. The lowest BCUT2D eigenvalue weighted by Gasteiger charge is -2.47. The molecule has 5 aromatic rings. The Labute approximate surface area is 196 Å². The zero-order valence-electron chi connectivity index (χ0n) is 18.4. The highest BCUT2D eigenvalue weighted by atomic mass is 16.6. The molecule has 160 valence electrons. The third kappa shape index (κ3) is 1.51. The van der Waals surface area contributed by atoms with E-state index in [2.05, 4.69) is 97.1 Å². The van der Waals surface area contributed by atoms with Gasteiger partial charge in [0.2, 0.25) is 0 Å². The lowest BCUT2D eigenvalue weighted by Crippen LogP contribution is -2.49. The standard InChI is InChI=1S/C32H20O2/c1-2-8-19-17(5-1)11-12-21-20(19)13-14-24-27(21)29-28-25-15-16-31(33-25)22-9-3-6-18-7-4-10-23(26(18)22)32(24,34-29)30(28)31/h1-16,25,28-30H/t25-,28+,29+,30-,31-,32-/m0/s1. The Kier molecular flexibility index (Phi) is 2.57. The van der Waals surface area contributed by atoms with Crippen LogP contribution in [0.4, 0.5) is 0 Å². The van der Waals surface area contributed by atoms with E-state index in [-0.39, 0.29) is 18.1 Å². The fourth-order valence-corrected chi connectivity index (χ4v) is 8.57. The minimum atomic E-state index is -0.460. The van der Waals surface area contributed by atoms with Gasteiger partial charge in [0, 0.05) is 11.8 Å². The van der Waals surface area contributed by atoms with Crippen LogP contribution in [-0.4, -0.2) is 6.10 Å². The summed E-state index contributed by atoms with van der Waals surface area (Å²) in [7, 11) is 0. The van der Waals surface area contributed by atoms with Gasteiger partial charge in [-0.2, -0.15) is 0 Å². The van der Waals surface area contributed by atoms with Crippen molar-refractivity contribution in [1.82, 2.24) is 0 Å². The van der Waals surface area contributed by atoms with Gasteiger partial charge in [0.25, 0.3) is 0 Å². The smallest absolute Gasteiger partial charge is 0.127 e. The Bertz CT molecular complexity index is 1810. The fourth-order valence-electron chi connectivity index (χ4n) is 8.57. The number of rotatable bonds is 0. The number of ether oxygens (including phenoxy) is 2. The van der Waals surface area contributed by atoms with Crippen LogP contribution in [0.1, 0.15) is 28.4 Å². The predicted octanol–water partition coefficient (Wildman–Crippen LogP) is 6.88. The first kappa shape index (κ1) is 17.0. The van der Waals surface area contributed by atoms with Gasteiger partial charge in [0.15, 0.2) is 0 Å². The molecule has 4 bridgehead atoms. The molecule has 1 aliphatic carbocycles. The molecule has 0 amide bonds. The molecule has 5 aromatic carbocycles. The first-order valence-electron chi connectivity index (χ1n) is 12.3. The third-order valence-electron chi connectivity index (χ3n) is 9.57. The molecule has 0 unspecified atom stereocenters. The van der Waals surface area contributed by atoms with E-state index >= 15 is 0 Å². The summed E-state index contributed by atoms with van der Waals surface area (Å²) in [5.41, 5.74) is 4.54. The van der Waals surface area contributed by atoms with Crippen molar-refractivity contribution in [3.63, 3.8) is 0 Å². The second-order valence-electron chi connectivity index (χ2n) is 10.7. The van der Waals surface area contributed by atoms with E-state index in [4.69, 9.17) is 9.47 Å². The molecule has 34 heavy (non-hydrogen) atoms. The number of hydrogen-bond acceptors (Lipinski definition) is 2. The van der Waals surface area contributed by atoms with Gasteiger partial charge in [-0.15, -0.1) is 0 Å². The summed E-state index contributed by atoms with van der Waals surface area (Å²) in [6, 6.07) is 31.5. The van der Waals surface area contributed by atoms with Crippen LogP contribution in [0.25, 0.3) is 32.3 Å². The van der Waals surface area contributed by atoms with Gasteiger partial charge in [0.1, 0.15) is 11.2 Å². The number of fused-ring (bicyclic) bond motifs is 10. The molecule has 4 heterocycles. The van der Waals surface area contributed by atoms with Crippen molar-refractivity contribution in [2.24, 2.45) is 11.8 Å². The summed E-state index contributed by atoms with van der Waals surface area (Å²) in [6.07, 6.45) is 4.81. The van der Waals surface area contributed by atoms with E-state index in [0.717, 1.165) is 0 Å². The van der Waals surface area contributed by atoms with E-state index < -0.39 is 11.2 Å². The number of benzene rings is 5. The second-order valence-corrected chi connectivity index (χ2v) is 10.7. The Morgan fingerprint density at radius 1 is 0.618 bits per heavy atom.